The first-order valence-corrected chi connectivity index (χ1v) is 9.77. The van der Waals surface area contributed by atoms with E-state index in [9.17, 15) is 0 Å². The van der Waals surface area contributed by atoms with Gasteiger partial charge in [-0.3, -0.25) is 0 Å². The zero-order chi connectivity index (χ0) is 18.5. The van der Waals surface area contributed by atoms with Crippen LogP contribution in [0.1, 0.15) is 31.7 Å². The number of hydrogen-bond donors (Lipinski definition) is 2. The normalized spacial score (nSPS) is 15.1. The molecule has 27 heavy (non-hydrogen) atoms. The largest absolute Gasteiger partial charge is 0.491 e. The SMILES string of the molecule is CCNC(=NCc1ccc(OCCOC)cc1)NCCN1CCCCC1.I. The van der Waals surface area contributed by atoms with Crippen LogP contribution in [0, 0.1) is 0 Å². The van der Waals surface area contributed by atoms with Crippen LogP contribution in [0.15, 0.2) is 29.3 Å². The molecule has 0 radical (unpaired) electrons. The number of aliphatic imine (C=N–C) groups is 1. The summed E-state index contributed by atoms with van der Waals surface area (Å²) < 4.78 is 10.6. The molecule has 7 heteroatoms. The smallest absolute Gasteiger partial charge is 0.191 e. The Balaban J connectivity index is 0.00000364. The van der Waals surface area contributed by atoms with Gasteiger partial charge in [0.15, 0.2) is 5.96 Å². The zero-order valence-corrected chi connectivity index (χ0v) is 19.0. The van der Waals surface area contributed by atoms with Crippen LogP contribution in [0.5, 0.6) is 5.75 Å². The Kier molecular flexibility index (Phi) is 13.3. The lowest BCUT2D eigenvalue weighted by molar-refractivity contribution is 0.146. The van der Waals surface area contributed by atoms with Crippen molar-refractivity contribution in [3.63, 3.8) is 0 Å². The van der Waals surface area contributed by atoms with Crippen molar-refractivity contribution in [3.05, 3.63) is 29.8 Å². The maximum Gasteiger partial charge on any atom is 0.191 e. The molecule has 0 unspecified atom stereocenters. The standard InChI is InChI=1S/C20H34N4O2.HI/c1-3-21-20(22-11-14-24-12-5-4-6-13-24)23-17-18-7-9-19(10-8-18)26-16-15-25-2;/h7-10H,3-6,11-17H2,1-2H3,(H2,21,22,23);1H. The lowest BCUT2D eigenvalue weighted by atomic mass is 10.1. The van der Waals surface area contributed by atoms with E-state index in [1.165, 1.54) is 32.4 Å². The third kappa shape index (κ3) is 10.2. The van der Waals surface area contributed by atoms with E-state index in [1.807, 2.05) is 12.1 Å². The van der Waals surface area contributed by atoms with Gasteiger partial charge in [0.05, 0.1) is 13.2 Å². The molecule has 1 fully saturated rings. The fourth-order valence-electron chi connectivity index (χ4n) is 2.96. The predicted octanol–water partition coefficient (Wildman–Crippen LogP) is 2.87. The van der Waals surface area contributed by atoms with Crippen LogP contribution in [0.4, 0.5) is 0 Å². The number of likely N-dealkylation sites (tertiary alicyclic amines) is 1. The number of hydrogen-bond acceptors (Lipinski definition) is 4. The molecular weight excluding hydrogens is 455 g/mol. The van der Waals surface area contributed by atoms with E-state index in [-0.39, 0.29) is 24.0 Å². The number of guanidine groups is 1. The molecular formula is C20H35IN4O2. The van der Waals surface area contributed by atoms with Crippen molar-refractivity contribution in [1.29, 1.82) is 0 Å². The lowest BCUT2D eigenvalue weighted by Gasteiger charge is -2.26. The molecule has 0 bridgehead atoms. The van der Waals surface area contributed by atoms with E-state index >= 15 is 0 Å². The number of methoxy groups -OCH3 is 1. The second-order valence-electron chi connectivity index (χ2n) is 6.51. The average molecular weight is 490 g/mol. The summed E-state index contributed by atoms with van der Waals surface area (Å²) in [5.74, 6) is 1.74. The number of nitrogens with zero attached hydrogens (tertiary/aromatic N) is 2. The van der Waals surface area contributed by atoms with Crippen molar-refractivity contribution in [2.75, 3.05) is 53.0 Å². The van der Waals surface area contributed by atoms with E-state index in [4.69, 9.17) is 9.47 Å². The first-order chi connectivity index (χ1) is 12.8. The zero-order valence-electron chi connectivity index (χ0n) is 16.7. The van der Waals surface area contributed by atoms with E-state index in [0.29, 0.717) is 19.8 Å². The van der Waals surface area contributed by atoms with Crippen LogP contribution in [0.3, 0.4) is 0 Å². The number of halogens is 1. The molecule has 0 spiro atoms. The van der Waals surface area contributed by atoms with E-state index in [2.05, 4.69) is 39.6 Å². The van der Waals surface area contributed by atoms with Crippen LogP contribution in [0.25, 0.3) is 0 Å². The van der Waals surface area contributed by atoms with Gasteiger partial charge >= 0.3 is 0 Å². The summed E-state index contributed by atoms with van der Waals surface area (Å²) in [4.78, 5) is 7.22. The van der Waals surface area contributed by atoms with Gasteiger partial charge in [0.25, 0.3) is 0 Å². The first-order valence-electron chi connectivity index (χ1n) is 9.77. The summed E-state index contributed by atoms with van der Waals surface area (Å²) in [7, 11) is 1.67. The van der Waals surface area contributed by atoms with E-state index in [0.717, 1.165) is 36.9 Å². The van der Waals surface area contributed by atoms with Crippen LogP contribution >= 0.6 is 24.0 Å². The molecule has 1 heterocycles. The van der Waals surface area contributed by atoms with Gasteiger partial charge in [-0.25, -0.2) is 4.99 Å². The summed E-state index contributed by atoms with van der Waals surface area (Å²) in [6.07, 6.45) is 4.04. The number of benzene rings is 1. The van der Waals surface area contributed by atoms with Crippen molar-refractivity contribution in [2.24, 2.45) is 4.99 Å². The maximum absolute atomic E-state index is 5.59. The molecule has 1 aliphatic heterocycles. The molecule has 0 amide bonds. The van der Waals surface area contributed by atoms with Crippen molar-refractivity contribution in [3.8, 4) is 5.75 Å². The van der Waals surface area contributed by atoms with Crippen molar-refractivity contribution >= 4 is 29.9 Å². The second-order valence-corrected chi connectivity index (χ2v) is 6.51. The molecule has 2 rings (SSSR count). The highest BCUT2D eigenvalue weighted by molar-refractivity contribution is 14.0. The minimum absolute atomic E-state index is 0. The van der Waals surface area contributed by atoms with Gasteiger partial charge in [-0.15, -0.1) is 24.0 Å². The number of rotatable bonds is 10. The minimum atomic E-state index is 0. The lowest BCUT2D eigenvalue weighted by Crippen LogP contribution is -2.42. The Morgan fingerprint density at radius 3 is 2.48 bits per heavy atom. The van der Waals surface area contributed by atoms with Crippen molar-refractivity contribution < 1.29 is 9.47 Å². The molecule has 1 aliphatic rings. The van der Waals surface area contributed by atoms with Gasteiger partial charge in [-0.2, -0.15) is 0 Å². The second kappa shape index (κ2) is 14.9. The highest BCUT2D eigenvalue weighted by Crippen LogP contribution is 2.12. The third-order valence-electron chi connectivity index (χ3n) is 4.41. The Labute approximate surface area is 181 Å². The molecule has 0 saturated carbocycles. The van der Waals surface area contributed by atoms with Gasteiger partial charge in [0, 0.05) is 26.7 Å². The van der Waals surface area contributed by atoms with Gasteiger partial charge in [0.1, 0.15) is 12.4 Å². The predicted molar refractivity (Wildman–Crippen MR) is 122 cm³/mol. The molecule has 0 aromatic heterocycles. The topological polar surface area (TPSA) is 58.1 Å². The van der Waals surface area contributed by atoms with Crippen molar-refractivity contribution in [1.82, 2.24) is 15.5 Å². The fourth-order valence-corrected chi connectivity index (χ4v) is 2.96. The molecule has 6 nitrogen and oxygen atoms in total. The van der Waals surface area contributed by atoms with Gasteiger partial charge in [0.2, 0.25) is 0 Å². The molecule has 0 aliphatic carbocycles. The highest BCUT2D eigenvalue weighted by atomic mass is 127. The number of ether oxygens (including phenoxy) is 2. The van der Waals surface area contributed by atoms with E-state index in [1.54, 1.807) is 7.11 Å². The quantitative estimate of drug-likeness (QED) is 0.229. The average Bonchev–Trinajstić information content (AvgIpc) is 2.68. The molecule has 1 saturated heterocycles. The third-order valence-corrected chi connectivity index (χ3v) is 4.41. The summed E-state index contributed by atoms with van der Waals surface area (Å²) in [6.45, 7) is 9.24. The molecule has 1 aromatic carbocycles. The van der Waals surface area contributed by atoms with Crippen LogP contribution in [0.2, 0.25) is 0 Å². The molecule has 2 N–H and O–H groups in total. The fraction of sp³-hybridized carbons (Fsp3) is 0.650. The Hall–Kier alpha value is -1.06. The Morgan fingerprint density at radius 1 is 1.07 bits per heavy atom. The monoisotopic (exact) mass is 490 g/mol. The number of piperidine rings is 1. The van der Waals surface area contributed by atoms with E-state index < -0.39 is 0 Å². The number of nitrogens with one attached hydrogen (secondary N) is 2. The summed E-state index contributed by atoms with van der Waals surface area (Å²) in [5, 5.41) is 6.76. The highest BCUT2D eigenvalue weighted by Gasteiger charge is 2.09. The van der Waals surface area contributed by atoms with Crippen LogP contribution in [-0.2, 0) is 11.3 Å². The first kappa shape index (κ1) is 24.0. The molecule has 1 aromatic rings. The molecule has 0 atom stereocenters. The van der Waals surface area contributed by atoms with Gasteiger partial charge < -0.3 is 25.0 Å². The maximum atomic E-state index is 5.59. The van der Waals surface area contributed by atoms with Crippen LogP contribution < -0.4 is 15.4 Å². The van der Waals surface area contributed by atoms with Crippen LogP contribution in [-0.4, -0.2) is 63.9 Å². The summed E-state index contributed by atoms with van der Waals surface area (Å²) in [6, 6.07) is 8.08. The molecule has 154 valence electrons. The van der Waals surface area contributed by atoms with Crippen molar-refractivity contribution in [2.45, 2.75) is 32.7 Å². The Morgan fingerprint density at radius 2 is 1.81 bits per heavy atom. The minimum Gasteiger partial charge on any atom is -0.491 e. The van der Waals surface area contributed by atoms with Gasteiger partial charge in [-0.1, -0.05) is 18.6 Å². The summed E-state index contributed by atoms with van der Waals surface area (Å²) in [5.41, 5.74) is 1.16. The summed E-state index contributed by atoms with van der Waals surface area (Å²) >= 11 is 0. The van der Waals surface area contributed by atoms with Gasteiger partial charge in [-0.05, 0) is 50.6 Å². The Bertz CT molecular complexity index is 519.